The zero-order valence-electron chi connectivity index (χ0n) is 24.9. The molecule has 0 unspecified atom stereocenters. The van der Waals surface area contributed by atoms with Crippen LogP contribution in [0.3, 0.4) is 0 Å². The van der Waals surface area contributed by atoms with Gasteiger partial charge in [0, 0.05) is 18.3 Å². The number of rotatable bonds is 16. The number of hydrogen-bond acceptors (Lipinski definition) is 6. The van der Waals surface area contributed by atoms with Crippen LogP contribution in [0.4, 0.5) is 5.69 Å². The van der Waals surface area contributed by atoms with E-state index in [4.69, 9.17) is 9.47 Å². The summed E-state index contributed by atoms with van der Waals surface area (Å²) in [6.07, 6.45) is 6.04. The molecule has 0 aliphatic carbocycles. The Morgan fingerprint density at radius 2 is 1.57 bits per heavy atom. The zero-order chi connectivity index (χ0) is 30.1. The topological polar surface area (TPSA) is 89.4 Å². The third-order valence-corrected chi connectivity index (χ3v) is 8.59. The first kappa shape index (κ1) is 31.1. The minimum absolute atomic E-state index is 0.0271. The Hall–Kier alpha value is -3.82. The third kappa shape index (κ3) is 7.14. The van der Waals surface area contributed by atoms with Gasteiger partial charge in [0.05, 0.1) is 36.7 Å². The van der Waals surface area contributed by atoms with Crippen molar-refractivity contribution in [2.75, 3.05) is 44.3 Å². The zero-order valence-corrected chi connectivity index (χ0v) is 25.7. The first-order valence-corrected chi connectivity index (χ1v) is 16.2. The summed E-state index contributed by atoms with van der Waals surface area (Å²) in [5.41, 5.74) is 3.42. The molecule has 42 heavy (non-hydrogen) atoms. The predicted molar refractivity (Wildman–Crippen MR) is 169 cm³/mol. The van der Waals surface area contributed by atoms with Crippen molar-refractivity contribution in [2.24, 2.45) is 0 Å². The van der Waals surface area contributed by atoms with Crippen LogP contribution in [0.15, 0.2) is 72.9 Å². The number of aromatic nitrogens is 1. The minimum atomic E-state index is -3.65. The largest absolute Gasteiger partial charge is 0.495 e. The number of fused-ring (bicyclic) bond motifs is 1. The predicted octanol–water partition coefficient (Wildman–Crippen LogP) is 6.50. The molecule has 2 aromatic heterocycles. The molecule has 224 valence electrons. The summed E-state index contributed by atoms with van der Waals surface area (Å²) in [5, 5.41) is 0. The highest BCUT2D eigenvalue weighted by molar-refractivity contribution is 7.92. The fraction of sp³-hybridized carbons (Fsp3) is 0.364. The van der Waals surface area contributed by atoms with E-state index in [2.05, 4.69) is 23.5 Å². The number of carbonyl (C=O) groups is 1. The number of ether oxygens (including phenoxy) is 2. The highest BCUT2D eigenvalue weighted by Crippen LogP contribution is 2.40. The molecule has 9 heteroatoms. The summed E-state index contributed by atoms with van der Waals surface area (Å²) < 4.78 is 42.0. The van der Waals surface area contributed by atoms with Crippen LogP contribution in [0.1, 0.15) is 55.6 Å². The van der Waals surface area contributed by atoms with Gasteiger partial charge in [0.25, 0.3) is 0 Å². The van der Waals surface area contributed by atoms with Crippen LogP contribution in [0, 0.1) is 0 Å². The number of pyridine rings is 1. The number of ketones is 1. The summed E-state index contributed by atoms with van der Waals surface area (Å²) in [4.78, 5) is 16.3. The van der Waals surface area contributed by atoms with Gasteiger partial charge in [0.15, 0.2) is 5.75 Å². The highest BCUT2D eigenvalue weighted by Gasteiger charge is 2.27. The van der Waals surface area contributed by atoms with Gasteiger partial charge in [-0.05, 0) is 61.8 Å². The molecule has 2 heterocycles. The van der Waals surface area contributed by atoms with Crippen LogP contribution in [-0.4, -0.2) is 63.1 Å². The van der Waals surface area contributed by atoms with E-state index in [0.717, 1.165) is 49.9 Å². The van der Waals surface area contributed by atoms with Crippen LogP contribution in [-0.2, 0) is 10.0 Å². The minimum Gasteiger partial charge on any atom is -0.495 e. The Kier molecular flexibility index (Phi) is 10.7. The van der Waals surface area contributed by atoms with Crippen LogP contribution < -0.4 is 14.2 Å². The molecule has 0 aliphatic heterocycles. The van der Waals surface area contributed by atoms with Crippen molar-refractivity contribution in [2.45, 2.75) is 39.5 Å². The van der Waals surface area contributed by atoms with E-state index in [1.54, 1.807) is 25.3 Å². The first-order valence-electron chi connectivity index (χ1n) is 14.5. The summed E-state index contributed by atoms with van der Waals surface area (Å²) in [7, 11) is -0.587. The summed E-state index contributed by atoms with van der Waals surface area (Å²) in [6.45, 7) is 6.50. The Labute approximate surface area is 249 Å². The lowest BCUT2D eigenvalue weighted by Gasteiger charge is -2.22. The van der Waals surface area contributed by atoms with Crippen LogP contribution in [0.5, 0.6) is 11.5 Å². The number of benzene rings is 2. The molecule has 0 saturated carbocycles. The Balaban J connectivity index is 1.64. The first-order chi connectivity index (χ1) is 20.3. The molecule has 0 spiro atoms. The van der Waals surface area contributed by atoms with Crippen molar-refractivity contribution in [3.8, 4) is 22.6 Å². The Morgan fingerprint density at radius 3 is 2.21 bits per heavy atom. The van der Waals surface area contributed by atoms with E-state index in [0.29, 0.717) is 34.8 Å². The number of hydrogen-bond donors (Lipinski definition) is 1. The average Bonchev–Trinajstić information content (AvgIpc) is 3.35. The van der Waals surface area contributed by atoms with Crippen LogP contribution >= 0.6 is 0 Å². The Morgan fingerprint density at radius 1 is 0.881 bits per heavy atom. The van der Waals surface area contributed by atoms with Gasteiger partial charge in [0.2, 0.25) is 15.8 Å². The maximum Gasteiger partial charge on any atom is 0.234 e. The van der Waals surface area contributed by atoms with E-state index in [9.17, 15) is 13.2 Å². The molecule has 0 saturated heterocycles. The molecule has 0 aliphatic rings. The summed E-state index contributed by atoms with van der Waals surface area (Å²) in [6, 6.07) is 20.1. The second-order valence-electron chi connectivity index (χ2n) is 10.3. The van der Waals surface area contributed by atoms with Gasteiger partial charge < -0.3 is 18.8 Å². The van der Waals surface area contributed by atoms with Crippen LogP contribution in [0.25, 0.3) is 16.6 Å². The molecule has 0 fully saturated rings. The number of methoxy groups -OCH3 is 2. The molecule has 1 N–H and O–H groups in total. The second kappa shape index (κ2) is 14.4. The number of unbranched alkanes of at least 4 members (excludes halogenated alkanes) is 2. The smallest absolute Gasteiger partial charge is 0.234 e. The highest BCUT2D eigenvalue weighted by atomic mass is 32.2. The number of nitrogens with one attached hydrogen (secondary N) is 1. The van der Waals surface area contributed by atoms with Gasteiger partial charge in [-0.3, -0.25) is 9.52 Å². The second-order valence-corrected chi connectivity index (χ2v) is 12.1. The molecule has 4 rings (SSSR count). The fourth-order valence-electron chi connectivity index (χ4n) is 5.10. The molecule has 8 nitrogen and oxygen atoms in total. The van der Waals surface area contributed by atoms with Crippen molar-refractivity contribution >= 4 is 27.0 Å². The average molecular weight is 592 g/mol. The van der Waals surface area contributed by atoms with E-state index in [1.807, 2.05) is 59.1 Å². The summed E-state index contributed by atoms with van der Waals surface area (Å²) >= 11 is 0. The molecule has 0 amide bonds. The van der Waals surface area contributed by atoms with Gasteiger partial charge in [-0.1, -0.05) is 63.1 Å². The van der Waals surface area contributed by atoms with Crippen molar-refractivity contribution < 1.29 is 22.7 Å². The van der Waals surface area contributed by atoms with Crippen molar-refractivity contribution in [3.05, 3.63) is 84.2 Å². The SMILES string of the molecule is CCCCN(CCCC)CCS(=O)(=O)Nc1ccc(C(=O)c2c(-c3ccccc3)c(OC)c3ccccn23)cc1OC. The normalized spacial score (nSPS) is 11.6. The standard InChI is InChI=1S/C33H41N3O5S/c1-5-7-19-35(20-8-6-2)22-23-42(38,39)34-27-18-17-26(24-29(27)40-3)32(37)31-30(25-14-10-9-11-15-25)33(41-4)28-16-12-13-21-36(28)31/h9-18,21,24,34H,5-8,19-20,22-23H2,1-4H3. The van der Waals surface area contributed by atoms with E-state index < -0.39 is 10.0 Å². The number of nitrogens with zero attached hydrogens (tertiary/aromatic N) is 2. The molecule has 0 atom stereocenters. The van der Waals surface area contributed by atoms with E-state index in [-0.39, 0.29) is 17.3 Å². The van der Waals surface area contributed by atoms with E-state index >= 15 is 0 Å². The van der Waals surface area contributed by atoms with Crippen molar-refractivity contribution in [3.63, 3.8) is 0 Å². The van der Waals surface area contributed by atoms with Gasteiger partial charge in [-0.25, -0.2) is 8.42 Å². The number of anilines is 1. The maximum atomic E-state index is 14.1. The summed E-state index contributed by atoms with van der Waals surface area (Å²) in [5.74, 6) is 0.606. The quantitative estimate of drug-likeness (QED) is 0.150. The fourth-order valence-corrected chi connectivity index (χ4v) is 6.21. The third-order valence-electron chi connectivity index (χ3n) is 7.34. The van der Waals surface area contributed by atoms with E-state index in [1.165, 1.54) is 7.11 Å². The maximum absolute atomic E-state index is 14.1. The molecular weight excluding hydrogens is 550 g/mol. The lowest BCUT2D eigenvalue weighted by molar-refractivity contribution is 0.103. The van der Waals surface area contributed by atoms with Crippen LogP contribution in [0.2, 0.25) is 0 Å². The molecule has 0 bridgehead atoms. The van der Waals surface area contributed by atoms with Gasteiger partial charge >= 0.3 is 0 Å². The van der Waals surface area contributed by atoms with Gasteiger partial charge in [0.1, 0.15) is 11.4 Å². The lowest BCUT2D eigenvalue weighted by atomic mass is 9.99. The van der Waals surface area contributed by atoms with Crippen molar-refractivity contribution in [1.29, 1.82) is 0 Å². The number of sulfonamides is 1. The molecule has 4 aromatic rings. The van der Waals surface area contributed by atoms with Gasteiger partial charge in [-0.2, -0.15) is 0 Å². The molecule has 2 aromatic carbocycles. The molecular formula is C33H41N3O5S. The Bertz CT molecular complexity index is 1590. The molecule has 0 radical (unpaired) electrons. The number of carbonyl (C=O) groups excluding carboxylic acids is 1. The monoisotopic (exact) mass is 591 g/mol. The lowest BCUT2D eigenvalue weighted by Crippen LogP contribution is -2.33. The van der Waals surface area contributed by atoms with Gasteiger partial charge in [-0.15, -0.1) is 0 Å². The van der Waals surface area contributed by atoms with Crippen molar-refractivity contribution in [1.82, 2.24) is 9.30 Å².